The number of nitrogens with zero attached hydrogens (tertiary/aromatic N) is 5. The molecule has 1 N–H and O–H groups in total. The molecule has 172 valence electrons. The highest BCUT2D eigenvalue weighted by Gasteiger charge is 2.55. The Kier molecular flexibility index (Phi) is 6.19. The SMILES string of the molecule is Cc1cccc(OCC(O)CN2C(=[N+]3CCC(C)CC3)N=C3C2C(=O)N(C)C(=O)N3C)c1. The molecule has 0 spiro atoms. The minimum Gasteiger partial charge on any atom is -0.491 e. The molecule has 4 rings (SSSR count). The molecular formula is C23H32N5O4+. The van der Waals surface area contributed by atoms with Gasteiger partial charge in [-0.2, -0.15) is 0 Å². The summed E-state index contributed by atoms with van der Waals surface area (Å²) in [5.41, 5.74) is 1.08. The van der Waals surface area contributed by atoms with Gasteiger partial charge in [-0.25, -0.2) is 9.69 Å². The topological polar surface area (TPSA) is 88.7 Å². The van der Waals surface area contributed by atoms with Gasteiger partial charge in [-0.1, -0.05) is 24.0 Å². The van der Waals surface area contributed by atoms with Crippen molar-refractivity contribution in [2.24, 2.45) is 10.9 Å². The first-order chi connectivity index (χ1) is 15.3. The number of benzene rings is 1. The number of imide groups is 1. The van der Waals surface area contributed by atoms with Crippen molar-refractivity contribution in [3.63, 3.8) is 0 Å². The Morgan fingerprint density at radius 1 is 1.22 bits per heavy atom. The second-order valence-corrected chi connectivity index (χ2v) is 9.01. The molecule has 3 heterocycles. The number of hydrogen-bond donors (Lipinski definition) is 1. The molecule has 1 aromatic carbocycles. The first kappa shape index (κ1) is 22.3. The lowest BCUT2D eigenvalue weighted by molar-refractivity contribution is -0.545. The number of amides is 3. The highest BCUT2D eigenvalue weighted by Crippen LogP contribution is 2.25. The van der Waals surface area contributed by atoms with E-state index in [2.05, 4.69) is 11.5 Å². The van der Waals surface area contributed by atoms with Crippen LogP contribution in [0.15, 0.2) is 29.3 Å². The van der Waals surface area contributed by atoms with Crippen LogP contribution in [0.5, 0.6) is 5.75 Å². The van der Waals surface area contributed by atoms with Gasteiger partial charge in [-0.05, 0) is 43.4 Å². The lowest BCUT2D eigenvalue weighted by Crippen LogP contribution is -2.63. The van der Waals surface area contributed by atoms with Gasteiger partial charge in [0, 0.05) is 14.1 Å². The smallest absolute Gasteiger partial charge is 0.392 e. The van der Waals surface area contributed by atoms with E-state index < -0.39 is 18.2 Å². The van der Waals surface area contributed by atoms with Crippen molar-refractivity contribution in [3.8, 4) is 5.75 Å². The normalized spacial score (nSPS) is 24.7. The number of aliphatic hydroxyl groups excluding tert-OH is 1. The van der Waals surface area contributed by atoms with Crippen LogP contribution in [-0.4, -0.2) is 101 Å². The number of aliphatic imine (C=N–C) groups is 1. The molecule has 1 aromatic rings. The number of rotatable bonds is 5. The maximum absolute atomic E-state index is 13.1. The third-order valence-corrected chi connectivity index (χ3v) is 6.42. The molecule has 3 aliphatic rings. The number of urea groups is 1. The van der Waals surface area contributed by atoms with E-state index in [1.165, 1.54) is 11.9 Å². The van der Waals surface area contributed by atoms with Crippen LogP contribution in [0.1, 0.15) is 25.3 Å². The Morgan fingerprint density at radius 2 is 1.94 bits per heavy atom. The summed E-state index contributed by atoms with van der Waals surface area (Å²) >= 11 is 0. The number of ether oxygens (including phenoxy) is 1. The zero-order valence-corrected chi connectivity index (χ0v) is 19.2. The number of guanidine groups is 1. The van der Waals surface area contributed by atoms with E-state index in [9.17, 15) is 14.7 Å². The lowest BCUT2D eigenvalue weighted by Gasteiger charge is -2.33. The molecule has 3 amide bonds. The van der Waals surface area contributed by atoms with E-state index in [1.807, 2.05) is 36.1 Å². The Morgan fingerprint density at radius 3 is 2.62 bits per heavy atom. The number of carbonyl (C=O) groups excluding carboxylic acids is 2. The van der Waals surface area contributed by atoms with Gasteiger partial charge >= 0.3 is 12.0 Å². The van der Waals surface area contributed by atoms with Crippen LogP contribution in [0, 0.1) is 12.8 Å². The Hall–Kier alpha value is -2.94. The molecule has 0 saturated carbocycles. The van der Waals surface area contributed by atoms with Gasteiger partial charge in [0.1, 0.15) is 18.5 Å². The summed E-state index contributed by atoms with van der Waals surface area (Å²) in [7, 11) is 3.11. The van der Waals surface area contributed by atoms with Gasteiger partial charge in [0.2, 0.25) is 11.9 Å². The fourth-order valence-corrected chi connectivity index (χ4v) is 4.41. The summed E-state index contributed by atoms with van der Waals surface area (Å²) in [5, 5.41) is 10.8. The van der Waals surface area contributed by atoms with Gasteiger partial charge in [-0.3, -0.25) is 19.2 Å². The molecule has 2 fully saturated rings. The lowest BCUT2D eigenvalue weighted by atomic mass is 10.0. The molecule has 9 heteroatoms. The van der Waals surface area contributed by atoms with Crippen LogP contribution in [0.3, 0.4) is 0 Å². The molecular weight excluding hydrogens is 410 g/mol. The summed E-state index contributed by atoms with van der Waals surface area (Å²) in [6.45, 7) is 6.13. The fourth-order valence-electron chi connectivity index (χ4n) is 4.41. The predicted molar refractivity (Wildman–Crippen MR) is 120 cm³/mol. The second-order valence-electron chi connectivity index (χ2n) is 9.01. The van der Waals surface area contributed by atoms with E-state index in [0.29, 0.717) is 23.5 Å². The van der Waals surface area contributed by atoms with E-state index in [0.717, 1.165) is 36.4 Å². The van der Waals surface area contributed by atoms with Crippen LogP contribution in [0.4, 0.5) is 4.79 Å². The predicted octanol–water partition coefficient (Wildman–Crippen LogP) is 1.14. The molecule has 9 nitrogen and oxygen atoms in total. The van der Waals surface area contributed by atoms with Crippen molar-refractivity contribution in [1.29, 1.82) is 0 Å². The zero-order chi connectivity index (χ0) is 23.0. The molecule has 32 heavy (non-hydrogen) atoms. The van der Waals surface area contributed by atoms with E-state index in [1.54, 1.807) is 7.05 Å². The average molecular weight is 443 g/mol. The summed E-state index contributed by atoms with van der Waals surface area (Å²) < 4.78 is 7.94. The van der Waals surface area contributed by atoms with E-state index in [4.69, 9.17) is 9.73 Å². The molecule has 0 bridgehead atoms. The molecule has 2 atom stereocenters. The van der Waals surface area contributed by atoms with Crippen molar-refractivity contribution in [2.45, 2.75) is 38.8 Å². The number of aliphatic hydroxyl groups is 1. The highest BCUT2D eigenvalue weighted by atomic mass is 16.5. The monoisotopic (exact) mass is 442 g/mol. The largest absolute Gasteiger partial charge is 0.491 e. The number of hydrogen-bond acceptors (Lipinski definition) is 4. The van der Waals surface area contributed by atoms with Crippen molar-refractivity contribution >= 4 is 23.7 Å². The maximum Gasteiger partial charge on any atom is 0.392 e. The van der Waals surface area contributed by atoms with Crippen LogP contribution in [0.25, 0.3) is 0 Å². The summed E-state index contributed by atoms with van der Waals surface area (Å²) in [6.07, 6.45) is 1.23. The summed E-state index contributed by atoms with van der Waals surface area (Å²) in [4.78, 5) is 34.6. The second kappa shape index (κ2) is 8.90. The van der Waals surface area contributed by atoms with Crippen molar-refractivity contribution in [3.05, 3.63) is 29.8 Å². The molecule has 3 aliphatic heterocycles. The van der Waals surface area contributed by atoms with Gasteiger partial charge < -0.3 is 9.84 Å². The third kappa shape index (κ3) is 4.21. The van der Waals surface area contributed by atoms with Crippen LogP contribution < -0.4 is 4.74 Å². The summed E-state index contributed by atoms with van der Waals surface area (Å²) in [6, 6.07) is 6.52. The van der Waals surface area contributed by atoms with Crippen LogP contribution in [-0.2, 0) is 4.79 Å². The molecule has 0 radical (unpaired) electrons. The van der Waals surface area contributed by atoms with Crippen LogP contribution >= 0.6 is 0 Å². The van der Waals surface area contributed by atoms with E-state index >= 15 is 0 Å². The van der Waals surface area contributed by atoms with Crippen molar-refractivity contribution < 1.29 is 24.0 Å². The standard InChI is InChI=1S/C23H32N5O4/c1-15-8-10-27(11-9-15)22-24-20-19(21(30)26(4)23(31)25(20)3)28(22)13-17(29)14-32-18-7-5-6-16(2)12-18/h5-7,12,15,17,19,29H,8-11,13-14H2,1-4H3/q+1. The number of aryl methyl sites for hydroxylation is 1. The van der Waals surface area contributed by atoms with Crippen molar-refractivity contribution in [1.82, 2.24) is 14.7 Å². The van der Waals surface area contributed by atoms with Gasteiger partial charge in [-0.15, -0.1) is 0 Å². The third-order valence-electron chi connectivity index (χ3n) is 6.42. The number of carbonyl (C=O) groups is 2. The Bertz CT molecular complexity index is 965. The molecule has 2 saturated heterocycles. The highest BCUT2D eigenvalue weighted by molar-refractivity contribution is 6.25. The quantitative estimate of drug-likeness (QED) is 0.691. The van der Waals surface area contributed by atoms with E-state index in [-0.39, 0.29) is 19.1 Å². The molecule has 0 aliphatic carbocycles. The number of piperidine rings is 1. The first-order valence-corrected chi connectivity index (χ1v) is 11.2. The maximum atomic E-state index is 13.1. The zero-order valence-electron chi connectivity index (χ0n) is 19.2. The molecule has 0 aromatic heterocycles. The van der Waals surface area contributed by atoms with Gasteiger partial charge in [0.05, 0.1) is 19.6 Å². The minimum atomic E-state index is -0.843. The summed E-state index contributed by atoms with van der Waals surface area (Å²) in [5.74, 6) is 2.06. The first-order valence-electron chi connectivity index (χ1n) is 11.2. The number of likely N-dealkylation sites (N-methyl/N-ethyl adjacent to an activating group) is 2. The number of amidine groups is 1. The van der Waals surface area contributed by atoms with Gasteiger partial charge in [0.15, 0.2) is 0 Å². The number of β-amino-alcohol motifs (C(OH)–C–C–N with tert-alkyl or cyclic N) is 1. The van der Waals surface area contributed by atoms with Crippen molar-refractivity contribution in [2.75, 3.05) is 40.3 Å². The average Bonchev–Trinajstić information content (AvgIpc) is 3.14. The molecule has 2 unspecified atom stereocenters. The Labute approximate surface area is 188 Å². The Balaban J connectivity index is 1.57. The van der Waals surface area contributed by atoms with Gasteiger partial charge in [0.25, 0.3) is 5.91 Å². The number of fused-ring (bicyclic) bond motifs is 1. The fraction of sp³-hybridized carbons (Fsp3) is 0.565. The van der Waals surface area contributed by atoms with Crippen LogP contribution in [0.2, 0.25) is 0 Å². The minimum absolute atomic E-state index is 0.0884.